The molecule has 0 aliphatic heterocycles. The minimum atomic E-state index is -0.322. The molecular weight excluding hydrogens is 348 g/mol. The van der Waals surface area contributed by atoms with Crippen LogP contribution in [-0.4, -0.2) is 24.1 Å². The third-order valence-electron chi connectivity index (χ3n) is 4.24. The van der Waals surface area contributed by atoms with Crippen molar-refractivity contribution < 1.29 is 9.53 Å². The minimum absolute atomic E-state index is 0.322. The molecule has 0 aromatic rings. The first-order valence-corrected chi connectivity index (χ1v) is 12.8. The Bertz CT molecular complexity index is 296. The van der Waals surface area contributed by atoms with Gasteiger partial charge in [-0.2, -0.15) is 0 Å². The fraction of sp³-hybridized carbons (Fsp3) is 0.857. The lowest BCUT2D eigenvalue weighted by Crippen LogP contribution is -2.02. The summed E-state index contributed by atoms with van der Waals surface area (Å²) in [7, 11) is 3.69. The molecule has 0 atom stereocenters. The molecule has 0 rings (SSSR count). The number of hydrogen-bond acceptors (Lipinski definition) is 4. The molecule has 4 heteroatoms. The van der Waals surface area contributed by atoms with E-state index in [1.807, 2.05) is 10.8 Å². The molecule has 0 heterocycles. The van der Waals surface area contributed by atoms with Gasteiger partial charge in [-0.3, -0.25) is 0 Å². The lowest BCUT2D eigenvalue weighted by molar-refractivity contribution is -0.137. The van der Waals surface area contributed by atoms with E-state index in [0.717, 1.165) is 5.75 Å². The summed E-state index contributed by atoms with van der Waals surface area (Å²) in [4.78, 5) is 10.8. The summed E-state index contributed by atoms with van der Waals surface area (Å²) < 4.78 is 4.93. The maximum absolute atomic E-state index is 10.8. The van der Waals surface area contributed by atoms with Crippen molar-refractivity contribution in [2.24, 2.45) is 0 Å². The van der Waals surface area contributed by atoms with E-state index in [4.69, 9.17) is 4.74 Å². The molecule has 25 heavy (non-hydrogen) atoms. The van der Waals surface area contributed by atoms with Crippen LogP contribution in [-0.2, 0) is 9.53 Å². The summed E-state index contributed by atoms with van der Waals surface area (Å²) in [6.45, 7) is 6.14. The van der Waals surface area contributed by atoms with E-state index >= 15 is 0 Å². The smallest absolute Gasteiger partial charge is 0.330 e. The summed E-state index contributed by atoms with van der Waals surface area (Å²) in [6, 6.07) is 0. The van der Waals surface area contributed by atoms with Crippen molar-refractivity contribution in [3.8, 4) is 0 Å². The number of hydrogen-bond donors (Lipinski definition) is 0. The van der Waals surface area contributed by atoms with Crippen molar-refractivity contribution >= 4 is 27.6 Å². The SMILES string of the molecule is C=CC(=O)OCCSSCCCCCCCCCCCCCCCC. The van der Waals surface area contributed by atoms with Crippen molar-refractivity contribution in [1.29, 1.82) is 0 Å². The van der Waals surface area contributed by atoms with Gasteiger partial charge in [0.25, 0.3) is 0 Å². The van der Waals surface area contributed by atoms with Gasteiger partial charge >= 0.3 is 5.97 Å². The van der Waals surface area contributed by atoms with Crippen LogP contribution in [0.25, 0.3) is 0 Å². The Morgan fingerprint density at radius 1 is 0.760 bits per heavy atom. The number of rotatable bonds is 20. The van der Waals surface area contributed by atoms with Crippen LogP contribution >= 0.6 is 21.6 Å². The number of unbranched alkanes of at least 4 members (excludes halogenated alkanes) is 13. The average Bonchev–Trinajstić information content (AvgIpc) is 2.63. The normalized spacial score (nSPS) is 10.8. The summed E-state index contributed by atoms with van der Waals surface area (Å²) >= 11 is 0. The minimum Gasteiger partial charge on any atom is -0.462 e. The highest BCUT2D eigenvalue weighted by Gasteiger charge is 1.97. The van der Waals surface area contributed by atoms with Crippen molar-refractivity contribution in [2.45, 2.75) is 96.8 Å². The van der Waals surface area contributed by atoms with Crippen molar-refractivity contribution in [3.63, 3.8) is 0 Å². The number of ether oxygens (including phenoxy) is 1. The molecule has 0 fully saturated rings. The first-order valence-electron chi connectivity index (χ1n) is 10.3. The Labute approximate surface area is 164 Å². The first kappa shape index (κ1) is 24.9. The third-order valence-corrected chi connectivity index (χ3v) is 6.70. The molecule has 148 valence electrons. The Morgan fingerprint density at radius 3 is 1.68 bits per heavy atom. The second-order valence-corrected chi connectivity index (χ2v) is 9.31. The Hall–Kier alpha value is -0.0900. The zero-order valence-corrected chi connectivity index (χ0v) is 18.1. The first-order chi connectivity index (χ1) is 12.3. The lowest BCUT2D eigenvalue weighted by Gasteiger charge is -2.04. The van der Waals surface area contributed by atoms with Crippen LogP contribution in [0.5, 0.6) is 0 Å². The van der Waals surface area contributed by atoms with Crippen LogP contribution in [0.1, 0.15) is 96.8 Å². The number of carbonyl (C=O) groups excluding carboxylic acids is 1. The van der Waals surface area contributed by atoms with Gasteiger partial charge in [-0.25, -0.2) is 4.79 Å². The quantitative estimate of drug-likeness (QED) is 0.0929. The van der Waals surface area contributed by atoms with E-state index in [9.17, 15) is 4.79 Å². The van der Waals surface area contributed by atoms with Crippen LogP contribution in [0.15, 0.2) is 12.7 Å². The largest absolute Gasteiger partial charge is 0.462 e. The van der Waals surface area contributed by atoms with Gasteiger partial charge in [0.2, 0.25) is 0 Å². The van der Waals surface area contributed by atoms with Crippen LogP contribution < -0.4 is 0 Å². The second kappa shape index (κ2) is 22.0. The van der Waals surface area contributed by atoms with Gasteiger partial charge in [0.15, 0.2) is 0 Å². The molecule has 0 saturated carbocycles. The van der Waals surface area contributed by atoms with Gasteiger partial charge < -0.3 is 4.74 Å². The molecule has 0 aliphatic carbocycles. The van der Waals surface area contributed by atoms with Crippen molar-refractivity contribution in [3.05, 3.63) is 12.7 Å². The summed E-state index contributed by atoms with van der Waals surface area (Å²) in [5, 5.41) is 0. The molecule has 0 saturated heterocycles. The van der Waals surface area contributed by atoms with Crippen LogP contribution in [0.4, 0.5) is 0 Å². The molecule has 0 bridgehead atoms. The molecule has 0 N–H and O–H groups in total. The third kappa shape index (κ3) is 21.9. The molecule has 0 aliphatic rings. The van der Waals surface area contributed by atoms with Crippen LogP contribution in [0, 0.1) is 0 Å². The summed E-state index contributed by atoms with van der Waals surface area (Å²) in [6.07, 6.45) is 21.0. The molecule has 2 nitrogen and oxygen atoms in total. The Balaban J connectivity index is 3.00. The fourth-order valence-electron chi connectivity index (χ4n) is 2.71. The zero-order chi connectivity index (χ0) is 18.4. The second-order valence-electron chi connectivity index (χ2n) is 6.61. The fourth-order valence-corrected chi connectivity index (χ4v) is 4.68. The van der Waals surface area contributed by atoms with E-state index in [2.05, 4.69) is 13.5 Å². The molecule has 0 unspecified atom stereocenters. The predicted molar refractivity (Wildman–Crippen MR) is 116 cm³/mol. The highest BCUT2D eigenvalue weighted by Crippen LogP contribution is 2.23. The molecule has 0 amide bonds. The Kier molecular flexibility index (Phi) is 21.9. The molecule has 0 aromatic carbocycles. The van der Waals surface area contributed by atoms with E-state index in [-0.39, 0.29) is 5.97 Å². The number of esters is 1. The monoisotopic (exact) mass is 388 g/mol. The maximum atomic E-state index is 10.8. The predicted octanol–water partition coefficient (Wildman–Crippen LogP) is 7.58. The zero-order valence-electron chi connectivity index (χ0n) is 16.4. The highest BCUT2D eigenvalue weighted by molar-refractivity contribution is 8.76. The highest BCUT2D eigenvalue weighted by atomic mass is 33.1. The van der Waals surface area contributed by atoms with Crippen molar-refractivity contribution in [2.75, 3.05) is 18.1 Å². The molecule has 0 radical (unpaired) electrons. The van der Waals surface area contributed by atoms with Crippen LogP contribution in [0.2, 0.25) is 0 Å². The summed E-state index contributed by atoms with van der Waals surface area (Å²) in [5.74, 6) is 1.75. The molecule has 0 aromatic heterocycles. The van der Waals surface area contributed by atoms with Gasteiger partial charge in [0, 0.05) is 17.6 Å². The topological polar surface area (TPSA) is 26.3 Å². The summed E-state index contributed by atoms with van der Waals surface area (Å²) in [5.41, 5.74) is 0. The lowest BCUT2D eigenvalue weighted by atomic mass is 10.0. The van der Waals surface area contributed by atoms with Crippen molar-refractivity contribution in [1.82, 2.24) is 0 Å². The number of carbonyl (C=O) groups is 1. The van der Waals surface area contributed by atoms with Gasteiger partial charge in [-0.05, 0) is 6.42 Å². The van der Waals surface area contributed by atoms with Gasteiger partial charge in [0.1, 0.15) is 6.61 Å². The molecular formula is C21H40O2S2. The average molecular weight is 389 g/mol. The Morgan fingerprint density at radius 2 is 1.20 bits per heavy atom. The van der Waals surface area contributed by atoms with E-state index in [0.29, 0.717) is 6.61 Å². The van der Waals surface area contributed by atoms with E-state index in [1.54, 1.807) is 10.8 Å². The maximum Gasteiger partial charge on any atom is 0.330 e. The van der Waals surface area contributed by atoms with Gasteiger partial charge in [0.05, 0.1) is 0 Å². The van der Waals surface area contributed by atoms with Gasteiger partial charge in [-0.1, -0.05) is 119 Å². The van der Waals surface area contributed by atoms with Gasteiger partial charge in [-0.15, -0.1) is 0 Å². The van der Waals surface area contributed by atoms with E-state index < -0.39 is 0 Å². The molecule has 0 spiro atoms. The standard InChI is InChI=1S/C21H40O2S2/c1-3-5-6-7-8-9-10-11-12-13-14-15-16-17-19-24-25-20-18-23-21(22)4-2/h4H,2-3,5-20H2,1H3. The van der Waals surface area contributed by atoms with Crippen LogP contribution in [0.3, 0.4) is 0 Å². The van der Waals surface area contributed by atoms with E-state index in [1.165, 1.54) is 102 Å².